The Morgan fingerprint density at radius 2 is 1.81 bits per heavy atom. The Bertz CT molecular complexity index is 718. The highest BCUT2D eigenvalue weighted by Gasteiger charge is 2.09. The van der Waals surface area contributed by atoms with E-state index in [1.54, 1.807) is 12.1 Å². The maximum absolute atomic E-state index is 12.1. The normalized spacial score (nSPS) is 11.6. The number of rotatable bonds is 9. The number of carbonyl (C=O) groups is 2. The van der Waals surface area contributed by atoms with Crippen molar-refractivity contribution < 1.29 is 14.3 Å². The lowest BCUT2D eigenvalue weighted by Gasteiger charge is -2.14. The van der Waals surface area contributed by atoms with Crippen molar-refractivity contribution in [1.82, 2.24) is 5.32 Å². The van der Waals surface area contributed by atoms with Crippen LogP contribution in [0.5, 0.6) is 0 Å². The first-order valence-corrected chi connectivity index (χ1v) is 9.82. The minimum atomic E-state index is -0.346. The number of aryl methyl sites for hydroxylation is 1. The van der Waals surface area contributed by atoms with Crippen LogP contribution in [-0.2, 0) is 21.7 Å². The van der Waals surface area contributed by atoms with Gasteiger partial charge in [0.25, 0.3) is 0 Å². The summed E-state index contributed by atoms with van der Waals surface area (Å²) in [5.41, 5.74) is 2.82. The van der Waals surface area contributed by atoms with Crippen molar-refractivity contribution in [2.45, 2.75) is 31.6 Å². The first kappa shape index (κ1) is 20.0. The number of methoxy groups -OCH3 is 1. The number of ether oxygens (including phenoxy) is 1. The maximum Gasteiger partial charge on any atom is 0.337 e. The lowest BCUT2D eigenvalue weighted by molar-refractivity contribution is -0.119. The molecule has 2 rings (SSSR count). The summed E-state index contributed by atoms with van der Waals surface area (Å²) in [4.78, 5) is 23.6. The fourth-order valence-corrected chi connectivity index (χ4v) is 3.37. The van der Waals surface area contributed by atoms with Crippen LogP contribution in [0.2, 0.25) is 0 Å². The van der Waals surface area contributed by atoms with Gasteiger partial charge >= 0.3 is 5.97 Å². The van der Waals surface area contributed by atoms with E-state index in [1.165, 1.54) is 24.4 Å². The molecule has 5 heteroatoms. The standard InChI is InChI=1S/C21H25NO3S/c1-16(11-12-17-7-4-3-5-8-17)22-20(23)15-26-14-18-9-6-10-19(13-18)21(24)25-2/h3-10,13,16H,11-12,14-15H2,1-2H3,(H,22,23)/t16-/m1/s1. The average Bonchev–Trinajstić information content (AvgIpc) is 2.66. The molecule has 1 amide bonds. The largest absolute Gasteiger partial charge is 0.465 e. The Balaban J connectivity index is 1.69. The summed E-state index contributed by atoms with van der Waals surface area (Å²) in [5.74, 6) is 0.774. The quantitative estimate of drug-likeness (QED) is 0.681. The lowest BCUT2D eigenvalue weighted by Crippen LogP contribution is -2.34. The molecule has 0 radical (unpaired) electrons. The SMILES string of the molecule is COC(=O)c1cccc(CSCC(=O)N[C@H](C)CCc2ccccc2)c1. The second-order valence-corrected chi connectivity index (χ2v) is 7.16. The molecule has 0 aliphatic heterocycles. The predicted molar refractivity (Wildman–Crippen MR) is 106 cm³/mol. The predicted octanol–water partition coefficient (Wildman–Crippen LogP) is 3.84. The zero-order valence-corrected chi connectivity index (χ0v) is 16.1. The van der Waals surface area contributed by atoms with Gasteiger partial charge in [-0.25, -0.2) is 4.79 Å². The smallest absolute Gasteiger partial charge is 0.337 e. The molecule has 1 atom stereocenters. The van der Waals surface area contributed by atoms with Crippen molar-refractivity contribution in [3.63, 3.8) is 0 Å². The summed E-state index contributed by atoms with van der Waals surface area (Å²) in [6.07, 6.45) is 1.87. The third-order valence-electron chi connectivity index (χ3n) is 3.97. The zero-order chi connectivity index (χ0) is 18.8. The van der Waals surface area contributed by atoms with Crippen LogP contribution in [0.15, 0.2) is 54.6 Å². The number of benzene rings is 2. The lowest BCUT2D eigenvalue weighted by atomic mass is 10.1. The van der Waals surface area contributed by atoms with Gasteiger partial charge in [-0.1, -0.05) is 42.5 Å². The number of carbonyl (C=O) groups excluding carboxylic acids is 2. The van der Waals surface area contributed by atoms with Gasteiger partial charge in [-0.3, -0.25) is 4.79 Å². The van der Waals surface area contributed by atoms with E-state index in [4.69, 9.17) is 4.74 Å². The van der Waals surface area contributed by atoms with Gasteiger partial charge in [-0.15, -0.1) is 11.8 Å². The van der Waals surface area contributed by atoms with Gasteiger partial charge in [0.05, 0.1) is 18.4 Å². The van der Waals surface area contributed by atoms with Gasteiger partial charge in [-0.05, 0) is 43.0 Å². The molecule has 138 valence electrons. The van der Waals surface area contributed by atoms with Crippen LogP contribution in [0.4, 0.5) is 0 Å². The Labute approximate surface area is 159 Å². The van der Waals surface area contributed by atoms with Crippen LogP contribution >= 0.6 is 11.8 Å². The minimum absolute atomic E-state index is 0.0414. The number of hydrogen-bond donors (Lipinski definition) is 1. The van der Waals surface area contributed by atoms with Crippen molar-refractivity contribution >= 4 is 23.6 Å². The second kappa shape index (κ2) is 10.7. The Kier molecular flexibility index (Phi) is 8.22. The van der Waals surface area contributed by atoms with Crippen LogP contribution in [0.25, 0.3) is 0 Å². The van der Waals surface area contributed by atoms with Crippen molar-refractivity contribution in [3.8, 4) is 0 Å². The molecule has 0 spiro atoms. The van der Waals surface area contributed by atoms with Gasteiger partial charge < -0.3 is 10.1 Å². The van der Waals surface area contributed by atoms with Crippen LogP contribution in [0.3, 0.4) is 0 Å². The molecule has 0 heterocycles. The summed E-state index contributed by atoms with van der Waals surface area (Å²) in [6.45, 7) is 2.03. The van der Waals surface area contributed by atoms with E-state index in [-0.39, 0.29) is 17.9 Å². The number of nitrogens with one attached hydrogen (secondary N) is 1. The molecule has 0 fully saturated rings. The van der Waals surface area contributed by atoms with Gasteiger partial charge in [0.15, 0.2) is 0 Å². The number of esters is 1. The van der Waals surface area contributed by atoms with E-state index in [0.29, 0.717) is 17.1 Å². The molecule has 0 aliphatic rings. The molecule has 0 aromatic heterocycles. The average molecular weight is 372 g/mol. The monoisotopic (exact) mass is 371 g/mol. The van der Waals surface area contributed by atoms with Crippen LogP contribution in [0, 0.1) is 0 Å². The summed E-state index contributed by atoms with van der Waals surface area (Å²) in [6, 6.07) is 17.7. The summed E-state index contributed by atoms with van der Waals surface area (Å²) in [7, 11) is 1.37. The van der Waals surface area contributed by atoms with Crippen molar-refractivity contribution in [3.05, 3.63) is 71.3 Å². The molecule has 0 aliphatic carbocycles. The summed E-state index contributed by atoms with van der Waals surface area (Å²) < 4.78 is 4.72. The highest BCUT2D eigenvalue weighted by atomic mass is 32.2. The highest BCUT2D eigenvalue weighted by Crippen LogP contribution is 2.14. The first-order chi connectivity index (χ1) is 12.6. The molecule has 0 saturated carbocycles. The van der Waals surface area contributed by atoms with E-state index >= 15 is 0 Å². The molecule has 4 nitrogen and oxygen atoms in total. The molecule has 1 N–H and O–H groups in total. The van der Waals surface area contributed by atoms with Gasteiger partial charge in [0.1, 0.15) is 0 Å². The molecule has 0 unspecified atom stereocenters. The number of hydrogen-bond acceptors (Lipinski definition) is 4. The Hall–Kier alpha value is -2.27. The Morgan fingerprint density at radius 1 is 1.08 bits per heavy atom. The van der Waals surface area contributed by atoms with E-state index < -0.39 is 0 Å². The van der Waals surface area contributed by atoms with Gasteiger partial charge in [0.2, 0.25) is 5.91 Å². The van der Waals surface area contributed by atoms with Crippen molar-refractivity contribution in [1.29, 1.82) is 0 Å². The fourth-order valence-electron chi connectivity index (χ4n) is 2.58. The topological polar surface area (TPSA) is 55.4 Å². The van der Waals surface area contributed by atoms with Crippen LogP contribution in [-0.4, -0.2) is 30.8 Å². The summed E-state index contributed by atoms with van der Waals surface area (Å²) in [5, 5.41) is 3.04. The van der Waals surface area contributed by atoms with Crippen LogP contribution < -0.4 is 5.32 Å². The van der Waals surface area contributed by atoms with E-state index in [2.05, 4.69) is 17.4 Å². The number of thioether (sulfide) groups is 1. The molecular weight excluding hydrogens is 346 g/mol. The van der Waals surface area contributed by atoms with Crippen molar-refractivity contribution in [2.24, 2.45) is 0 Å². The van der Waals surface area contributed by atoms with Gasteiger partial charge in [-0.2, -0.15) is 0 Å². The molecule has 0 bridgehead atoms. The Morgan fingerprint density at radius 3 is 2.54 bits per heavy atom. The minimum Gasteiger partial charge on any atom is -0.465 e. The van der Waals surface area contributed by atoms with Crippen LogP contribution in [0.1, 0.15) is 34.8 Å². The molecule has 0 saturated heterocycles. The molecular formula is C21H25NO3S. The van der Waals surface area contributed by atoms with E-state index in [0.717, 1.165) is 18.4 Å². The third-order valence-corrected chi connectivity index (χ3v) is 4.97. The number of amides is 1. The van der Waals surface area contributed by atoms with Gasteiger partial charge in [0, 0.05) is 11.8 Å². The third kappa shape index (κ3) is 6.92. The van der Waals surface area contributed by atoms with E-state index in [9.17, 15) is 9.59 Å². The fraction of sp³-hybridized carbons (Fsp3) is 0.333. The highest BCUT2D eigenvalue weighted by molar-refractivity contribution is 7.99. The molecule has 26 heavy (non-hydrogen) atoms. The first-order valence-electron chi connectivity index (χ1n) is 8.66. The molecule has 2 aromatic rings. The molecule has 2 aromatic carbocycles. The maximum atomic E-state index is 12.1. The zero-order valence-electron chi connectivity index (χ0n) is 15.2. The van der Waals surface area contributed by atoms with E-state index in [1.807, 2.05) is 37.3 Å². The second-order valence-electron chi connectivity index (χ2n) is 6.18. The van der Waals surface area contributed by atoms with Crippen molar-refractivity contribution in [2.75, 3.05) is 12.9 Å². The summed E-state index contributed by atoms with van der Waals surface area (Å²) >= 11 is 1.53.